The van der Waals surface area contributed by atoms with Gasteiger partial charge in [-0.2, -0.15) is 0 Å². The van der Waals surface area contributed by atoms with Crippen molar-refractivity contribution in [3.05, 3.63) is 39.9 Å². The summed E-state index contributed by atoms with van der Waals surface area (Å²) >= 11 is 0. The summed E-state index contributed by atoms with van der Waals surface area (Å²) in [5.41, 5.74) is 7.26. The number of nitrogens with zero attached hydrogens (tertiary/aromatic N) is 1. The van der Waals surface area contributed by atoms with Gasteiger partial charge in [0.1, 0.15) is 0 Å². The molecule has 2 atom stereocenters. The lowest BCUT2D eigenvalue weighted by Crippen LogP contribution is -2.42. The summed E-state index contributed by atoms with van der Waals surface area (Å²) in [5, 5.41) is 14.0. The molecule has 1 fully saturated rings. The molecule has 0 spiro atoms. The van der Waals surface area contributed by atoms with Crippen LogP contribution in [0.15, 0.2) is 24.3 Å². The fourth-order valence-corrected chi connectivity index (χ4v) is 2.58. The first-order valence-electron chi connectivity index (χ1n) is 6.90. The minimum absolute atomic E-state index is 0.115. The molecule has 1 saturated heterocycles. The monoisotopic (exact) mass is 263 g/mol. The zero-order valence-electron chi connectivity index (χ0n) is 11.0. The van der Waals surface area contributed by atoms with E-state index in [2.05, 4.69) is 5.32 Å². The molecule has 1 aliphatic rings. The van der Waals surface area contributed by atoms with E-state index in [1.807, 2.05) is 12.1 Å². The molecule has 0 saturated carbocycles. The Hall–Kier alpha value is -1.46. The molecular weight excluding hydrogens is 242 g/mol. The maximum atomic E-state index is 10.6. The molecule has 19 heavy (non-hydrogen) atoms. The molecule has 0 radical (unpaired) electrons. The number of benzene rings is 1. The number of rotatable bonds is 4. The highest BCUT2D eigenvalue weighted by Gasteiger charge is 2.16. The van der Waals surface area contributed by atoms with Gasteiger partial charge in [0.05, 0.1) is 11.1 Å². The first kappa shape index (κ1) is 14.0. The summed E-state index contributed by atoms with van der Waals surface area (Å²) in [7, 11) is 0. The van der Waals surface area contributed by atoms with Crippen molar-refractivity contribution >= 4 is 5.69 Å². The van der Waals surface area contributed by atoms with Gasteiger partial charge in [0.2, 0.25) is 0 Å². The van der Waals surface area contributed by atoms with E-state index in [0.717, 1.165) is 24.8 Å². The second kappa shape index (κ2) is 6.63. The first-order chi connectivity index (χ1) is 9.15. The van der Waals surface area contributed by atoms with Crippen molar-refractivity contribution < 1.29 is 4.92 Å². The molecular formula is C14H21N3O2. The van der Waals surface area contributed by atoms with Crippen LogP contribution in [-0.4, -0.2) is 17.1 Å². The van der Waals surface area contributed by atoms with Crippen LogP contribution in [0.3, 0.4) is 0 Å². The third kappa shape index (κ3) is 4.29. The second-order valence-electron chi connectivity index (χ2n) is 5.22. The van der Waals surface area contributed by atoms with E-state index >= 15 is 0 Å². The molecule has 1 heterocycles. The molecule has 5 nitrogen and oxygen atoms in total. The summed E-state index contributed by atoms with van der Waals surface area (Å²) in [6.07, 6.45) is 6.72. The highest BCUT2D eigenvalue weighted by molar-refractivity contribution is 5.32. The Kier molecular flexibility index (Phi) is 4.87. The summed E-state index contributed by atoms with van der Waals surface area (Å²) in [6, 6.07) is 7.29. The topological polar surface area (TPSA) is 81.2 Å². The maximum absolute atomic E-state index is 10.6. The number of hydrogen-bond acceptors (Lipinski definition) is 4. The van der Waals surface area contributed by atoms with Gasteiger partial charge >= 0.3 is 0 Å². The van der Waals surface area contributed by atoms with Crippen molar-refractivity contribution in [2.24, 2.45) is 5.73 Å². The van der Waals surface area contributed by atoms with Crippen LogP contribution >= 0.6 is 0 Å². The van der Waals surface area contributed by atoms with E-state index in [0.29, 0.717) is 6.04 Å². The van der Waals surface area contributed by atoms with Crippen molar-refractivity contribution in [1.29, 1.82) is 0 Å². The quantitative estimate of drug-likeness (QED) is 0.645. The molecule has 1 aromatic rings. The fraction of sp³-hybridized carbons (Fsp3) is 0.571. The average molecular weight is 263 g/mol. The maximum Gasteiger partial charge on any atom is 0.269 e. The van der Waals surface area contributed by atoms with Gasteiger partial charge in [-0.05, 0) is 31.2 Å². The van der Waals surface area contributed by atoms with Crippen LogP contribution < -0.4 is 11.1 Å². The van der Waals surface area contributed by atoms with Crippen LogP contribution in [0.25, 0.3) is 0 Å². The molecule has 3 N–H and O–H groups in total. The molecule has 1 aliphatic heterocycles. The lowest BCUT2D eigenvalue weighted by Gasteiger charge is -2.19. The SMILES string of the molecule is NC1CCCCC(CCc2ccc([N+](=O)[O-])cc2)N1. The molecule has 0 aliphatic carbocycles. The predicted octanol–water partition coefficient (Wildman–Crippen LogP) is 2.34. The normalized spacial score (nSPS) is 23.8. The summed E-state index contributed by atoms with van der Waals surface area (Å²) < 4.78 is 0. The van der Waals surface area contributed by atoms with Gasteiger partial charge in [0, 0.05) is 18.2 Å². The van der Waals surface area contributed by atoms with E-state index in [1.165, 1.54) is 19.3 Å². The first-order valence-corrected chi connectivity index (χ1v) is 6.90. The van der Waals surface area contributed by atoms with Crippen LogP contribution in [0, 0.1) is 10.1 Å². The van der Waals surface area contributed by atoms with E-state index in [-0.39, 0.29) is 16.8 Å². The molecule has 5 heteroatoms. The van der Waals surface area contributed by atoms with Crippen molar-refractivity contribution in [1.82, 2.24) is 5.32 Å². The van der Waals surface area contributed by atoms with Crippen molar-refractivity contribution in [3.8, 4) is 0 Å². The fourth-order valence-electron chi connectivity index (χ4n) is 2.58. The Balaban J connectivity index is 1.85. The average Bonchev–Trinajstić information content (AvgIpc) is 2.61. The van der Waals surface area contributed by atoms with Crippen LogP contribution in [0.5, 0.6) is 0 Å². The minimum Gasteiger partial charge on any atom is -0.316 e. The summed E-state index contributed by atoms with van der Waals surface area (Å²) in [6.45, 7) is 0. The number of nitrogens with one attached hydrogen (secondary N) is 1. The molecule has 0 aromatic heterocycles. The highest BCUT2D eigenvalue weighted by Crippen LogP contribution is 2.17. The number of nitrogens with two attached hydrogens (primary N) is 1. The largest absolute Gasteiger partial charge is 0.316 e. The molecule has 104 valence electrons. The Morgan fingerprint density at radius 1 is 1.26 bits per heavy atom. The van der Waals surface area contributed by atoms with Gasteiger partial charge in [-0.25, -0.2) is 0 Å². The third-order valence-corrected chi connectivity index (χ3v) is 3.70. The number of aryl methyl sites for hydroxylation is 1. The third-order valence-electron chi connectivity index (χ3n) is 3.70. The smallest absolute Gasteiger partial charge is 0.269 e. The molecule has 2 rings (SSSR count). The number of nitro groups is 1. The predicted molar refractivity (Wildman–Crippen MR) is 74.8 cm³/mol. The molecule has 0 bridgehead atoms. The molecule has 1 aromatic carbocycles. The van der Waals surface area contributed by atoms with E-state index in [4.69, 9.17) is 5.73 Å². The summed E-state index contributed by atoms with van der Waals surface area (Å²) in [4.78, 5) is 10.2. The van der Waals surface area contributed by atoms with E-state index in [1.54, 1.807) is 12.1 Å². The number of non-ortho nitro benzene ring substituents is 1. The highest BCUT2D eigenvalue weighted by atomic mass is 16.6. The Morgan fingerprint density at radius 2 is 1.95 bits per heavy atom. The Bertz CT molecular complexity index is 419. The van der Waals surface area contributed by atoms with Crippen molar-refractivity contribution in [2.75, 3.05) is 0 Å². The van der Waals surface area contributed by atoms with Gasteiger partial charge in [0.25, 0.3) is 5.69 Å². The van der Waals surface area contributed by atoms with Crippen LogP contribution in [-0.2, 0) is 6.42 Å². The zero-order valence-corrected chi connectivity index (χ0v) is 11.0. The zero-order chi connectivity index (χ0) is 13.7. The van der Waals surface area contributed by atoms with Gasteiger partial charge in [-0.1, -0.05) is 25.0 Å². The van der Waals surface area contributed by atoms with Crippen LogP contribution in [0.4, 0.5) is 5.69 Å². The number of hydrogen-bond donors (Lipinski definition) is 2. The van der Waals surface area contributed by atoms with Crippen molar-refractivity contribution in [3.63, 3.8) is 0 Å². The Labute approximate surface area is 113 Å². The number of nitro benzene ring substituents is 1. The molecule has 2 unspecified atom stereocenters. The van der Waals surface area contributed by atoms with Gasteiger partial charge in [-0.3, -0.25) is 15.4 Å². The lowest BCUT2D eigenvalue weighted by atomic mass is 10.0. The lowest BCUT2D eigenvalue weighted by molar-refractivity contribution is -0.384. The van der Waals surface area contributed by atoms with Gasteiger partial charge < -0.3 is 5.73 Å². The van der Waals surface area contributed by atoms with E-state index < -0.39 is 0 Å². The molecule has 0 amide bonds. The minimum atomic E-state index is -0.365. The van der Waals surface area contributed by atoms with Crippen LogP contribution in [0.1, 0.15) is 37.7 Å². The Morgan fingerprint density at radius 3 is 2.63 bits per heavy atom. The van der Waals surface area contributed by atoms with E-state index in [9.17, 15) is 10.1 Å². The van der Waals surface area contributed by atoms with Crippen molar-refractivity contribution in [2.45, 2.75) is 50.7 Å². The summed E-state index contributed by atoms with van der Waals surface area (Å²) in [5.74, 6) is 0. The standard InChI is InChI=1S/C14H21N3O2/c15-14-4-2-1-3-12(16-14)8-5-11-6-9-13(10-7-11)17(18)19/h6-7,9-10,12,14,16H,1-5,8,15H2. The second-order valence-corrected chi connectivity index (χ2v) is 5.22. The van der Waals surface area contributed by atoms with Gasteiger partial charge in [-0.15, -0.1) is 0 Å². The van der Waals surface area contributed by atoms with Crippen LogP contribution in [0.2, 0.25) is 0 Å². The van der Waals surface area contributed by atoms with Gasteiger partial charge in [0.15, 0.2) is 0 Å².